The van der Waals surface area contributed by atoms with E-state index in [0.717, 1.165) is 15.4 Å². The van der Waals surface area contributed by atoms with Crippen molar-refractivity contribution in [2.24, 2.45) is 0 Å². The number of H-pyrrole nitrogens is 1. The summed E-state index contributed by atoms with van der Waals surface area (Å²) >= 11 is 3.34. The van der Waals surface area contributed by atoms with Crippen molar-refractivity contribution in [1.29, 1.82) is 0 Å². The first-order valence-electron chi connectivity index (χ1n) is 5.14. The van der Waals surface area contributed by atoms with Crippen LogP contribution in [0.5, 0.6) is 0 Å². The Kier molecular flexibility index (Phi) is 2.27. The summed E-state index contributed by atoms with van der Waals surface area (Å²) in [6, 6.07) is 5.48. The number of rotatable bonds is 1. The third kappa shape index (κ3) is 1.46. The number of hydrogen-bond acceptors (Lipinski definition) is 3. The van der Waals surface area contributed by atoms with Crippen molar-refractivity contribution in [2.75, 3.05) is 0 Å². The normalized spacial score (nSPS) is 15.6. The molecule has 0 radical (unpaired) electrons. The number of imide groups is 1. The molecule has 0 unspecified atom stereocenters. The number of aliphatic hydroxyl groups excluding tert-OH is 1. The Bertz CT molecular complexity index is 730. The molecule has 0 fully saturated rings. The number of halogens is 1. The first-order chi connectivity index (χ1) is 8.58. The van der Waals surface area contributed by atoms with Gasteiger partial charge in [0.05, 0.1) is 5.57 Å². The fourth-order valence-electron chi connectivity index (χ4n) is 2.00. The standard InChI is InChI=1S/C12H7BrN2O3/c13-5-1-2-6-7(4-14-8(6)3-5)9-10(16)12(18)15-11(9)17/h1-4,14H,(H2,15,16,17,18). The molecule has 6 heteroatoms. The van der Waals surface area contributed by atoms with E-state index in [4.69, 9.17) is 0 Å². The summed E-state index contributed by atoms with van der Waals surface area (Å²) < 4.78 is 0.897. The van der Waals surface area contributed by atoms with E-state index in [0.29, 0.717) is 5.56 Å². The molecule has 1 aliphatic rings. The Hall–Kier alpha value is -2.08. The van der Waals surface area contributed by atoms with Crippen molar-refractivity contribution in [3.8, 4) is 0 Å². The van der Waals surface area contributed by atoms with Gasteiger partial charge in [0.15, 0.2) is 5.76 Å². The molecular formula is C12H7BrN2O3. The van der Waals surface area contributed by atoms with Gasteiger partial charge in [0.1, 0.15) is 0 Å². The van der Waals surface area contributed by atoms with Gasteiger partial charge in [-0.1, -0.05) is 22.0 Å². The molecule has 5 nitrogen and oxygen atoms in total. The average Bonchev–Trinajstić information content (AvgIpc) is 2.81. The van der Waals surface area contributed by atoms with E-state index in [-0.39, 0.29) is 5.57 Å². The minimum Gasteiger partial charge on any atom is -0.502 e. The number of amides is 2. The Morgan fingerprint density at radius 1 is 1.17 bits per heavy atom. The Balaban J connectivity index is 2.28. The van der Waals surface area contributed by atoms with Crippen molar-refractivity contribution < 1.29 is 14.7 Å². The molecule has 1 aromatic carbocycles. The number of carbonyl (C=O) groups excluding carboxylic acids is 2. The second kappa shape index (κ2) is 3.71. The lowest BCUT2D eigenvalue weighted by Gasteiger charge is -1.98. The van der Waals surface area contributed by atoms with E-state index in [9.17, 15) is 14.7 Å². The lowest BCUT2D eigenvalue weighted by atomic mass is 10.0. The molecule has 0 saturated heterocycles. The maximum Gasteiger partial charge on any atom is 0.293 e. The molecule has 3 rings (SSSR count). The average molecular weight is 307 g/mol. The molecule has 1 aliphatic heterocycles. The number of nitrogens with one attached hydrogen (secondary N) is 2. The van der Waals surface area contributed by atoms with E-state index in [1.807, 2.05) is 18.2 Å². The highest BCUT2D eigenvalue weighted by Gasteiger charge is 2.32. The Labute approximate surface area is 110 Å². The molecule has 0 atom stereocenters. The van der Waals surface area contributed by atoms with E-state index in [1.165, 1.54) is 0 Å². The van der Waals surface area contributed by atoms with Gasteiger partial charge in [-0.2, -0.15) is 0 Å². The smallest absolute Gasteiger partial charge is 0.293 e. The summed E-state index contributed by atoms with van der Waals surface area (Å²) in [5.41, 5.74) is 1.33. The lowest BCUT2D eigenvalue weighted by Crippen LogP contribution is -2.22. The summed E-state index contributed by atoms with van der Waals surface area (Å²) in [6.45, 7) is 0. The molecule has 2 amide bonds. The second-order valence-electron chi connectivity index (χ2n) is 3.90. The van der Waals surface area contributed by atoms with Gasteiger partial charge in [-0.15, -0.1) is 0 Å². The molecule has 1 aromatic heterocycles. The molecule has 2 heterocycles. The van der Waals surface area contributed by atoms with Gasteiger partial charge in [-0.25, -0.2) is 0 Å². The van der Waals surface area contributed by atoms with Crippen molar-refractivity contribution >= 4 is 44.2 Å². The van der Waals surface area contributed by atoms with Gasteiger partial charge < -0.3 is 10.1 Å². The summed E-state index contributed by atoms with van der Waals surface area (Å²) in [7, 11) is 0. The predicted octanol–water partition coefficient (Wildman–Crippen LogP) is 1.86. The largest absolute Gasteiger partial charge is 0.502 e. The molecule has 90 valence electrons. The van der Waals surface area contributed by atoms with Crippen LogP contribution in [-0.2, 0) is 9.59 Å². The van der Waals surface area contributed by atoms with Crippen LogP contribution < -0.4 is 5.32 Å². The minimum atomic E-state index is -0.763. The van der Waals surface area contributed by atoms with E-state index < -0.39 is 17.6 Å². The fourth-order valence-corrected chi connectivity index (χ4v) is 2.36. The van der Waals surface area contributed by atoms with Crippen LogP contribution in [0.25, 0.3) is 16.5 Å². The van der Waals surface area contributed by atoms with Gasteiger partial charge in [0.2, 0.25) is 0 Å². The fraction of sp³-hybridized carbons (Fsp3) is 0. The molecule has 0 bridgehead atoms. The van der Waals surface area contributed by atoms with Crippen LogP contribution in [0.2, 0.25) is 0 Å². The van der Waals surface area contributed by atoms with Crippen molar-refractivity contribution in [2.45, 2.75) is 0 Å². The van der Waals surface area contributed by atoms with Gasteiger partial charge in [-0.05, 0) is 12.1 Å². The highest BCUT2D eigenvalue weighted by atomic mass is 79.9. The number of benzene rings is 1. The van der Waals surface area contributed by atoms with Crippen LogP contribution in [-0.4, -0.2) is 21.9 Å². The third-order valence-corrected chi connectivity index (χ3v) is 3.31. The maximum absolute atomic E-state index is 11.6. The van der Waals surface area contributed by atoms with E-state index in [1.54, 1.807) is 6.20 Å². The monoisotopic (exact) mass is 306 g/mol. The van der Waals surface area contributed by atoms with Crippen LogP contribution in [0.4, 0.5) is 0 Å². The minimum absolute atomic E-state index is 0.00794. The van der Waals surface area contributed by atoms with Crippen LogP contribution >= 0.6 is 15.9 Å². The molecule has 0 saturated carbocycles. The molecule has 0 spiro atoms. The van der Waals surface area contributed by atoms with Gasteiger partial charge in [0.25, 0.3) is 11.8 Å². The number of aliphatic hydroxyl groups is 1. The summed E-state index contributed by atoms with van der Waals surface area (Å²) in [5.74, 6) is -1.88. The first-order valence-corrected chi connectivity index (χ1v) is 5.93. The van der Waals surface area contributed by atoms with Crippen LogP contribution in [0.15, 0.2) is 34.6 Å². The van der Waals surface area contributed by atoms with Crippen molar-refractivity contribution in [1.82, 2.24) is 10.3 Å². The van der Waals surface area contributed by atoms with Crippen LogP contribution in [0.1, 0.15) is 5.56 Å². The van der Waals surface area contributed by atoms with Gasteiger partial charge in [0, 0.05) is 27.1 Å². The predicted molar refractivity (Wildman–Crippen MR) is 68.7 cm³/mol. The summed E-state index contributed by atoms with van der Waals surface area (Å²) in [4.78, 5) is 25.8. The highest BCUT2D eigenvalue weighted by Crippen LogP contribution is 2.30. The SMILES string of the molecule is O=C1NC(=O)C(c2c[nH]c3cc(Br)ccc23)=C1O. The highest BCUT2D eigenvalue weighted by molar-refractivity contribution is 9.10. The number of hydrogen-bond donors (Lipinski definition) is 3. The quantitative estimate of drug-likeness (QED) is 0.703. The summed E-state index contributed by atoms with van der Waals surface area (Å²) in [5, 5.41) is 12.5. The van der Waals surface area contributed by atoms with Crippen LogP contribution in [0, 0.1) is 0 Å². The van der Waals surface area contributed by atoms with Crippen LogP contribution in [0.3, 0.4) is 0 Å². The number of aromatic amines is 1. The summed E-state index contributed by atoms with van der Waals surface area (Å²) in [6.07, 6.45) is 1.60. The molecule has 18 heavy (non-hydrogen) atoms. The molecular weight excluding hydrogens is 300 g/mol. The molecule has 3 N–H and O–H groups in total. The zero-order valence-corrected chi connectivity index (χ0v) is 10.5. The lowest BCUT2D eigenvalue weighted by molar-refractivity contribution is -0.124. The zero-order chi connectivity index (χ0) is 12.9. The number of carbonyl (C=O) groups is 2. The Morgan fingerprint density at radius 3 is 2.61 bits per heavy atom. The first kappa shape index (κ1) is 11.0. The van der Waals surface area contributed by atoms with Gasteiger partial charge >= 0.3 is 0 Å². The molecule has 0 aliphatic carbocycles. The topological polar surface area (TPSA) is 82.2 Å². The third-order valence-electron chi connectivity index (χ3n) is 2.82. The van der Waals surface area contributed by atoms with Crippen molar-refractivity contribution in [3.63, 3.8) is 0 Å². The number of aromatic nitrogens is 1. The zero-order valence-electron chi connectivity index (χ0n) is 8.95. The van der Waals surface area contributed by atoms with E-state index >= 15 is 0 Å². The Morgan fingerprint density at radius 2 is 1.94 bits per heavy atom. The second-order valence-corrected chi connectivity index (χ2v) is 4.81. The van der Waals surface area contributed by atoms with Gasteiger partial charge in [-0.3, -0.25) is 14.9 Å². The molecule has 2 aromatic rings. The maximum atomic E-state index is 11.6. The van der Waals surface area contributed by atoms with Crippen molar-refractivity contribution in [3.05, 3.63) is 40.2 Å². The number of fused-ring (bicyclic) bond motifs is 1. The van der Waals surface area contributed by atoms with E-state index in [2.05, 4.69) is 26.2 Å².